The van der Waals surface area contributed by atoms with Crippen molar-refractivity contribution in [2.75, 3.05) is 13.1 Å². The number of hydrogen-bond acceptors (Lipinski definition) is 3. The summed E-state index contributed by atoms with van der Waals surface area (Å²) in [5, 5.41) is 0. The van der Waals surface area contributed by atoms with E-state index in [9.17, 15) is 18.0 Å². The number of aryl methyl sites for hydroxylation is 1. The van der Waals surface area contributed by atoms with Gasteiger partial charge in [0.05, 0.1) is 17.0 Å². The summed E-state index contributed by atoms with van der Waals surface area (Å²) in [6, 6.07) is 5.07. The Hall–Kier alpha value is -2.96. The van der Waals surface area contributed by atoms with Crippen molar-refractivity contribution in [1.82, 2.24) is 14.9 Å². The summed E-state index contributed by atoms with van der Waals surface area (Å²) < 4.78 is 37.6. The molecule has 1 amide bonds. The molecule has 29 heavy (non-hydrogen) atoms. The second-order valence-corrected chi connectivity index (χ2v) is 6.70. The molecule has 2 heterocycles. The van der Waals surface area contributed by atoms with Crippen LogP contribution in [-0.2, 0) is 11.0 Å². The molecule has 0 bridgehead atoms. The summed E-state index contributed by atoms with van der Waals surface area (Å²) >= 11 is 0. The molecule has 0 unspecified atom stereocenters. The second kappa shape index (κ2) is 10.0. The number of halogens is 3. The maximum Gasteiger partial charge on any atom is 0.416 e. The maximum absolute atomic E-state index is 12.5. The van der Waals surface area contributed by atoms with Crippen LogP contribution in [0, 0.1) is 6.92 Å². The molecule has 3 rings (SSSR count). The van der Waals surface area contributed by atoms with Crippen LogP contribution in [0.2, 0.25) is 0 Å². The minimum atomic E-state index is -4.34. The molecule has 0 N–H and O–H groups in total. The summed E-state index contributed by atoms with van der Waals surface area (Å²) in [5.41, 5.74) is 2.07. The average Bonchev–Trinajstić information content (AvgIpc) is 2.92. The summed E-state index contributed by atoms with van der Waals surface area (Å²) in [5.74, 6) is 0.0460. The van der Waals surface area contributed by atoms with Gasteiger partial charge in [0.25, 0.3) is 0 Å². The number of carbonyl (C=O) groups excluding carboxylic acids is 1. The van der Waals surface area contributed by atoms with Gasteiger partial charge in [-0.3, -0.25) is 14.8 Å². The van der Waals surface area contributed by atoms with Gasteiger partial charge in [-0.05, 0) is 44.4 Å². The van der Waals surface area contributed by atoms with E-state index < -0.39 is 11.7 Å². The molecule has 154 valence electrons. The molecule has 0 radical (unpaired) electrons. The monoisotopic (exact) mass is 403 g/mol. The summed E-state index contributed by atoms with van der Waals surface area (Å²) in [6.07, 6.45) is 3.05. The van der Waals surface area contributed by atoms with Crippen LogP contribution in [0.5, 0.6) is 0 Å². The molecule has 2 aromatic rings. The SMILES string of the molecule is C=CC(=O)N1CCCC(=C)CC1.Cc1nccnc1-c1cccc(C(F)(F)F)c1. The van der Waals surface area contributed by atoms with Crippen LogP contribution in [0.3, 0.4) is 0 Å². The Bertz CT molecular complexity index is 878. The van der Waals surface area contributed by atoms with Gasteiger partial charge >= 0.3 is 6.18 Å². The van der Waals surface area contributed by atoms with Crippen LogP contribution in [0.15, 0.2) is 61.5 Å². The molecule has 0 saturated carbocycles. The van der Waals surface area contributed by atoms with Crippen LogP contribution in [0.25, 0.3) is 11.3 Å². The maximum atomic E-state index is 12.5. The van der Waals surface area contributed by atoms with Crippen molar-refractivity contribution in [2.45, 2.75) is 32.4 Å². The summed E-state index contributed by atoms with van der Waals surface area (Å²) in [4.78, 5) is 21.1. The molecule has 0 atom stereocenters. The van der Waals surface area contributed by atoms with E-state index in [2.05, 4.69) is 23.1 Å². The van der Waals surface area contributed by atoms with Crippen molar-refractivity contribution in [2.24, 2.45) is 0 Å². The van der Waals surface area contributed by atoms with Crippen molar-refractivity contribution < 1.29 is 18.0 Å². The predicted molar refractivity (Wildman–Crippen MR) is 107 cm³/mol. The van der Waals surface area contributed by atoms with Gasteiger partial charge in [0.1, 0.15) is 0 Å². The van der Waals surface area contributed by atoms with Gasteiger partial charge in [0.15, 0.2) is 0 Å². The molecule has 1 fully saturated rings. The van der Waals surface area contributed by atoms with E-state index in [1.165, 1.54) is 30.1 Å². The summed E-state index contributed by atoms with van der Waals surface area (Å²) in [7, 11) is 0. The lowest BCUT2D eigenvalue weighted by atomic mass is 10.1. The van der Waals surface area contributed by atoms with Gasteiger partial charge in [-0.25, -0.2) is 0 Å². The van der Waals surface area contributed by atoms with E-state index >= 15 is 0 Å². The van der Waals surface area contributed by atoms with E-state index in [1.54, 1.807) is 13.0 Å². The Balaban J connectivity index is 0.000000221. The van der Waals surface area contributed by atoms with E-state index in [1.807, 2.05) is 4.90 Å². The first-order valence-electron chi connectivity index (χ1n) is 9.25. The largest absolute Gasteiger partial charge is 0.416 e. The number of alkyl halides is 3. The zero-order valence-electron chi connectivity index (χ0n) is 16.4. The topological polar surface area (TPSA) is 46.1 Å². The molecule has 1 saturated heterocycles. The van der Waals surface area contributed by atoms with Crippen LogP contribution in [0.1, 0.15) is 30.5 Å². The Morgan fingerprint density at radius 3 is 2.55 bits per heavy atom. The quantitative estimate of drug-likeness (QED) is 0.511. The number of rotatable bonds is 2. The zero-order valence-corrected chi connectivity index (χ0v) is 16.4. The van der Waals surface area contributed by atoms with Gasteiger partial charge in [0.2, 0.25) is 5.91 Å². The normalized spacial score (nSPS) is 14.5. The highest BCUT2D eigenvalue weighted by Crippen LogP contribution is 2.32. The zero-order chi connectivity index (χ0) is 21.4. The third kappa shape index (κ3) is 6.55. The minimum absolute atomic E-state index is 0.0460. The fraction of sp³-hybridized carbons (Fsp3) is 0.318. The van der Waals surface area contributed by atoms with Gasteiger partial charge in [-0.15, -0.1) is 0 Å². The molecule has 7 heteroatoms. The first-order chi connectivity index (χ1) is 13.7. The molecule has 1 aliphatic heterocycles. The van der Waals surface area contributed by atoms with E-state index in [0.717, 1.165) is 44.5 Å². The van der Waals surface area contributed by atoms with Crippen molar-refractivity contribution in [1.29, 1.82) is 0 Å². The lowest BCUT2D eigenvalue weighted by Crippen LogP contribution is -2.29. The molecule has 0 spiro atoms. The van der Waals surface area contributed by atoms with Crippen LogP contribution in [-0.4, -0.2) is 33.9 Å². The molecule has 1 aromatic carbocycles. The van der Waals surface area contributed by atoms with Crippen molar-refractivity contribution >= 4 is 5.91 Å². The van der Waals surface area contributed by atoms with Gasteiger partial charge in [0, 0.05) is 31.0 Å². The molecule has 1 aliphatic rings. The lowest BCUT2D eigenvalue weighted by Gasteiger charge is -2.17. The molecular weight excluding hydrogens is 379 g/mol. The standard InChI is InChI=1S/C12H9F3N2.C10H15NO/c1-8-11(17-6-5-16-8)9-3-2-4-10(7-9)12(13,14)15;1-3-10(12)11-7-4-5-9(2)6-8-11/h2-7H,1H3;3H,1-2,4-8H2. The molecule has 4 nitrogen and oxygen atoms in total. The Morgan fingerprint density at radius 2 is 1.90 bits per heavy atom. The van der Waals surface area contributed by atoms with Crippen LogP contribution < -0.4 is 0 Å². The smallest absolute Gasteiger partial charge is 0.339 e. The van der Waals surface area contributed by atoms with Crippen molar-refractivity contribution in [3.8, 4) is 11.3 Å². The number of nitrogens with zero attached hydrogens (tertiary/aromatic N) is 3. The lowest BCUT2D eigenvalue weighted by molar-refractivity contribution is -0.137. The highest BCUT2D eigenvalue weighted by Gasteiger charge is 2.30. The van der Waals surface area contributed by atoms with Gasteiger partial charge in [-0.2, -0.15) is 13.2 Å². The van der Waals surface area contributed by atoms with Crippen LogP contribution >= 0.6 is 0 Å². The van der Waals surface area contributed by atoms with Crippen molar-refractivity contribution in [3.05, 3.63) is 72.7 Å². The first-order valence-corrected chi connectivity index (χ1v) is 9.25. The Morgan fingerprint density at radius 1 is 1.17 bits per heavy atom. The number of likely N-dealkylation sites (tertiary alicyclic amines) is 1. The third-order valence-corrected chi connectivity index (χ3v) is 4.52. The molecular formula is C22H24F3N3O. The number of benzene rings is 1. The minimum Gasteiger partial charge on any atom is -0.339 e. The highest BCUT2D eigenvalue weighted by atomic mass is 19.4. The van der Waals surface area contributed by atoms with Gasteiger partial charge in [-0.1, -0.05) is 30.9 Å². The number of aromatic nitrogens is 2. The predicted octanol–water partition coefficient (Wildman–Crippen LogP) is 5.21. The average molecular weight is 403 g/mol. The highest BCUT2D eigenvalue weighted by molar-refractivity contribution is 5.87. The Labute approximate surface area is 168 Å². The van der Waals surface area contributed by atoms with Crippen molar-refractivity contribution in [3.63, 3.8) is 0 Å². The van der Waals surface area contributed by atoms with Gasteiger partial charge < -0.3 is 4.90 Å². The molecule has 0 aliphatic carbocycles. The summed E-state index contributed by atoms with van der Waals surface area (Å²) in [6.45, 7) is 10.8. The van der Waals surface area contributed by atoms with Crippen LogP contribution in [0.4, 0.5) is 13.2 Å². The fourth-order valence-electron chi connectivity index (χ4n) is 2.93. The molecule has 1 aromatic heterocycles. The number of carbonyl (C=O) groups is 1. The number of amides is 1. The fourth-order valence-corrected chi connectivity index (χ4v) is 2.93. The van der Waals surface area contributed by atoms with E-state index in [-0.39, 0.29) is 5.91 Å². The first kappa shape index (κ1) is 22.3. The number of hydrogen-bond donors (Lipinski definition) is 0. The second-order valence-electron chi connectivity index (χ2n) is 6.70. The third-order valence-electron chi connectivity index (χ3n) is 4.52. The van der Waals surface area contributed by atoms with E-state index in [4.69, 9.17) is 0 Å². The Kier molecular flexibility index (Phi) is 7.70. The van der Waals surface area contributed by atoms with E-state index in [0.29, 0.717) is 17.0 Å².